The van der Waals surface area contributed by atoms with E-state index in [9.17, 15) is 0 Å². The second-order valence-electron chi connectivity index (χ2n) is 8.18. The minimum absolute atomic E-state index is 0.535. The maximum Gasteiger partial charge on any atom is 0.153 e. The molecule has 0 radical (unpaired) electrons. The van der Waals surface area contributed by atoms with Crippen LogP contribution in [0.4, 0.5) is 5.82 Å². The first kappa shape index (κ1) is 18.2. The highest BCUT2D eigenvalue weighted by Crippen LogP contribution is 2.31. The number of hydrogen-bond acceptors (Lipinski definition) is 4. The van der Waals surface area contributed by atoms with Gasteiger partial charge in [0.2, 0.25) is 0 Å². The first-order valence-corrected chi connectivity index (χ1v) is 10.7. The standard InChI is InChI=1S/C23H28N6/c24-22-20-13-15(8-9-21(20)28-29-22)18-10-12-26-23-19(18)14-17(27-23)7-4-11-25-16-5-2-1-3-6-16/h8-10,12-14,16,25H,1-7,11H2,(H,26,27)(H3,24,28,29). The molecular formula is C23H28N6. The molecule has 5 rings (SSSR count). The summed E-state index contributed by atoms with van der Waals surface area (Å²) in [5.74, 6) is 0.535. The van der Waals surface area contributed by atoms with Crippen LogP contribution < -0.4 is 11.1 Å². The van der Waals surface area contributed by atoms with E-state index in [0.29, 0.717) is 5.82 Å². The van der Waals surface area contributed by atoms with E-state index in [1.165, 1.54) is 43.4 Å². The van der Waals surface area contributed by atoms with Gasteiger partial charge in [-0.3, -0.25) is 5.10 Å². The van der Waals surface area contributed by atoms with Crippen molar-refractivity contribution < 1.29 is 0 Å². The lowest BCUT2D eigenvalue weighted by Crippen LogP contribution is -2.31. The zero-order valence-corrected chi connectivity index (χ0v) is 16.7. The summed E-state index contributed by atoms with van der Waals surface area (Å²) in [6, 6.07) is 11.3. The van der Waals surface area contributed by atoms with Gasteiger partial charge in [-0.1, -0.05) is 25.3 Å². The number of fused-ring (bicyclic) bond motifs is 2. The first-order chi connectivity index (χ1) is 14.3. The van der Waals surface area contributed by atoms with E-state index in [4.69, 9.17) is 5.73 Å². The van der Waals surface area contributed by atoms with Crippen molar-refractivity contribution in [3.63, 3.8) is 0 Å². The van der Waals surface area contributed by atoms with Crippen molar-refractivity contribution in [2.45, 2.75) is 51.0 Å². The van der Waals surface area contributed by atoms with Gasteiger partial charge in [-0.25, -0.2) is 4.98 Å². The lowest BCUT2D eigenvalue weighted by atomic mass is 9.95. The number of nitrogens with two attached hydrogens (primary N) is 1. The molecule has 1 aliphatic carbocycles. The molecule has 0 amide bonds. The van der Waals surface area contributed by atoms with Gasteiger partial charge in [-0.2, -0.15) is 5.10 Å². The van der Waals surface area contributed by atoms with Gasteiger partial charge in [0.05, 0.1) is 5.52 Å². The molecular weight excluding hydrogens is 360 g/mol. The Hall–Kier alpha value is -2.86. The molecule has 0 saturated heterocycles. The predicted octanol–water partition coefficient (Wildman–Crippen LogP) is 4.54. The summed E-state index contributed by atoms with van der Waals surface area (Å²) in [5.41, 5.74) is 11.4. The van der Waals surface area contributed by atoms with E-state index < -0.39 is 0 Å². The molecule has 1 aromatic carbocycles. The highest BCUT2D eigenvalue weighted by Gasteiger charge is 2.13. The van der Waals surface area contributed by atoms with Gasteiger partial charge in [-0.15, -0.1) is 0 Å². The van der Waals surface area contributed by atoms with Gasteiger partial charge in [-0.05, 0) is 67.6 Å². The number of aromatic amines is 2. The molecule has 0 atom stereocenters. The molecule has 3 aromatic heterocycles. The summed E-state index contributed by atoms with van der Waals surface area (Å²) in [7, 11) is 0. The molecule has 150 valence electrons. The highest BCUT2D eigenvalue weighted by atomic mass is 15.1. The van der Waals surface area contributed by atoms with Crippen molar-refractivity contribution in [3.05, 3.63) is 42.2 Å². The molecule has 3 heterocycles. The number of rotatable bonds is 6. The summed E-state index contributed by atoms with van der Waals surface area (Å²) in [6.45, 7) is 1.08. The number of nitrogens with zero attached hydrogens (tertiary/aromatic N) is 2. The number of H-pyrrole nitrogens is 2. The van der Waals surface area contributed by atoms with Crippen LogP contribution >= 0.6 is 0 Å². The molecule has 5 N–H and O–H groups in total. The lowest BCUT2D eigenvalue weighted by molar-refractivity contribution is 0.372. The normalized spacial score (nSPS) is 15.4. The monoisotopic (exact) mass is 388 g/mol. The number of pyridine rings is 1. The third-order valence-electron chi connectivity index (χ3n) is 6.15. The smallest absolute Gasteiger partial charge is 0.153 e. The fourth-order valence-electron chi connectivity index (χ4n) is 4.56. The molecule has 1 saturated carbocycles. The first-order valence-electron chi connectivity index (χ1n) is 10.7. The Morgan fingerprint density at radius 3 is 2.86 bits per heavy atom. The predicted molar refractivity (Wildman–Crippen MR) is 119 cm³/mol. The van der Waals surface area contributed by atoms with Crippen molar-refractivity contribution in [1.29, 1.82) is 0 Å². The second-order valence-corrected chi connectivity index (χ2v) is 8.18. The molecule has 0 aliphatic heterocycles. The van der Waals surface area contributed by atoms with E-state index in [1.54, 1.807) is 0 Å². The largest absolute Gasteiger partial charge is 0.382 e. The van der Waals surface area contributed by atoms with E-state index in [0.717, 1.165) is 52.9 Å². The molecule has 6 nitrogen and oxygen atoms in total. The van der Waals surface area contributed by atoms with Gasteiger partial charge in [0.15, 0.2) is 5.82 Å². The molecule has 0 unspecified atom stereocenters. The minimum atomic E-state index is 0.535. The second kappa shape index (κ2) is 7.87. The Balaban J connectivity index is 1.33. The summed E-state index contributed by atoms with van der Waals surface area (Å²) in [4.78, 5) is 8.05. The topological polar surface area (TPSA) is 95.4 Å². The number of benzene rings is 1. The molecule has 0 spiro atoms. The number of nitrogen functional groups attached to an aromatic ring is 1. The molecule has 1 fully saturated rings. The van der Waals surface area contributed by atoms with E-state index in [2.05, 4.69) is 49.7 Å². The zero-order chi connectivity index (χ0) is 19.6. The molecule has 0 bridgehead atoms. The van der Waals surface area contributed by atoms with Gasteiger partial charge >= 0.3 is 0 Å². The van der Waals surface area contributed by atoms with Gasteiger partial charge in [0, 0.05) is 28.7 Å². The van der Waals surface area contributed by atoms with Crippen molar-refractivity contribution in [1.82, 2.24) is 25.5 Å². The number of aryl methyl sites for hydroxylation is 1. The fourth-order valence-corrected chi connectivity index (χ4v) is 4.56. The SMILES string of the molecule is Nc1n[nH]c2ccc(-c3ccnc4[nH]c(CCCNC5CCCCC5)cc34)cc12. The fraction of sp³-hybridized carbons (Fsp3) is 0.391. The third-order valence-corrected chi connectivity index (χ3v) is 6.15. The van der Waals surface area contributed by atoms with Crippen LogP contribution in [0.1, 0.15) is 44.2 Å². The summed E-state index contributed by atoms with van der Waals surface area (Å²) < 4.78 is 0. The van der Waals surface area contributed by atoms with Crippen LogP contribution in [0.3, 0.4) is 0 Å². The van der Waals surface area contributed by atoms with E-state index in [1.807, 2.05) is 12.3 Å². The quantitative estimate of drug-likeness (QED) is 0.365. The van der Waals surface area contributed by atoms with Crippen molar-refractivity contribution in [3.8, 4) is 11.1 Å². The zero-order valence-electron chi connectivity index (χ0n) is 16.7. The Bertz CT molecular complexity index is 1120. The maximum absolute atomic E-state index is 5.99. The average Bonchev–Trinajstić information content (AvgIpc) is 3.35. The van der Waals surface area contributed by atoms with Crippen LogP contribution in [0.25, 0.3) is 33.1 Å². The number of anilines is 1. The Kier molecular flexibility index (Phi) is 4.94. The molecule has 1 aliphatic rings. The number of hydrogen-bond donors (Lipinski definition) is 4. The highest BCUT2D eigenvalue weighted by molar-refractivity contribution is 5.98. The molecule has 29 heavy (non-hydrogen) atoms. The van der Waals surface area contributed by atoms with Crippen molar-refractivity contribution >= 4 is 27.8 Å². The van der Waals surface area contributed by atoms with Crippen LogP contribution in [0, 0.1) is 0 Å². The van der Waals surface area contributed by atoms with Gasteiger partial charge < -0.3 is 16.0 Å². The average molecular weight is 389 g/mol. The molecule has 4 aromatic rings. The summed E-state index contributed by atoms with van der Waals surface area (Å²) in [5, 5.41) is 12.9. The Morgan fingerprint density at radius 1 is 1.07 bits per heavy atom. The molecule has 6 heteroatoms. The lowest BCUT2D eigenvalue weighted by Gasteiger charge is -2.22. The number of aromatic nitrogens is 4. The van der Waals surface area contributed by atoms with E-state index in [-0.39, 0.29) is 0 Å². The summed E-state index contributed by atoms with van der Waals surface area (Å²) >= 11 is 0. The van der Waals surface area contributed by atoms with Crippen LogP contribution in [-0.2, 0) is 6.42 Å². The van der Waals surface area contributed by atoms with E-state index >= 15 is 0 Å². The Morgan fingerprint density at radius 2 is 1.97 bits per heavy atom. The maximum atomic E-state index is 5.99. The minimum Gasteiger partial charge on any atom is -0.382 e. The van der Waals surface area contributed by atoms with Crippen molar-refractivity contribution in [2.75, 3.05) is 12.3 Å². The van der Waals surface area contributed by atoms with Crippen LogP contribution in [0.2, 0.25) is 0 Å². The third kappa shape index (κ3) is 3.72. The van der Waals surface area contributed by atoms with Crippen molar-refractivity contribution in [2.24, 2.45) is 0 Å². The van der Waals surface area contributed by atoms with Gasteiger partial charge in [0.25, 0.3) is 0 Å². The van der Waals surface area contributed by atoms with Crippen LogP contribution in [0.15, 0.2) is 36.5 Å². The van der Waals surface area contributed by atoms with Gasteiger partial charge in [0.1, 0.15) is 5.65 Å². The number of nitrogens with one attached hydrogen (secondary N) is 3. The Labute approximate surface area is 170 Å². The summed E-state index contributed by atoms with van der Waals surface area (Å²) in [6.07, 6.45) is 10.9. The van der Waals surface area contributed by atoms with Crippen LogP contribution in [0.5, 0.6) is 0 Å². The van der Waals surface area contributed by atoms with Crippen LogP contribution in [-0.4, -0.2) is 32.8 Å².